The van der Waals surface area contributed by atoms with Gasteiger partial charge in [-0.3, -0.25) is 4.72 Å². The Morgan fingerprint density at radius 2 is 1.88 bits per heavy atom. The monoisotopic (exact) mass is 688 g/mol. The largest absolute Gasteiger partial charge is 0.444 e. The van der Waals surface area contributed by atoms with Crippen LogP contribution in [0, 0.1) is 24.1 Å². The lowest BCUT2D eigenvalue weighted by atomic mass is 10.0. The number of fused-ring (bicyclic) bond motifs is 1. The molecule has 0 bridgehead atoms. The SMILES string of the molecule is Cc1ccc2c(NS(=O)(=O)CC3CC34CC4)c(F)ccc2c1Oc1ncccc1-c1ccnc(N[C@H]2CCCN(C(=O)OC(C)(C)C)C2)n1. The molecule has 1 aliphatic heterocycles. The highest BCUT2D eigenvalue weighted by atomic mass is 32.2. The standard InChI is InChI=1S/C36H41FN6O5S/c1-22-9-10-25-26(11-12-28(37)30(25)42-49(45,46)21-23-19-36(23)14-15-36)31(22)47-32-27(8-5-16-38-32)29-13-17-39-33(41-29)40-24-7-6-18-43(20-24)34(44)48-35(2,3)4/h5,8-13,16-17,23-24,42H,6-7,14-15,18-21H2,1-4H3,(H,39,40,41)/t23?,24-/m0/s1. The van der Waals surface area contributed by atoms with Crippen molar-refractivity contribution in [1.82, 2.24) is 19.9 Å². The number of piperidine rings is 1. The van der Waals surface area contributed by atoms with Gasteiger partial charge in [-0.15, -0.1) is 0 Å². The van der Waals surface area contributed by atoms with E-state index in [-0.39, 0.29) is 40.8 Å². The van der Waals surface area contributed by atoms with Gasteiger partial charge in [-0.1, -0.05) is 12.1 Å². The summed E-state index contributed by atoms with van der Waals surface area (Å²) in [4.78, 5) is 28.1. The normalized spacial score (nSPS) is 19.8. The lowest BCUT2D eigenvalue weighted by Crippen LogP contribution is -2.47. The van der Waals surface area contributed by atoms with Gasteiger partial charge in [-0.25, -0.2) is 32.6 Å². The fraction of sp³-hybridized carbons (Fsp3) is 0.444. The maximum Gasteiger partial charge on any atom is 0.410 e. The molecule has 3 aliphatic rings. The number of nitrogens with one attached hydrogen (secondary N) is 2. The maximum absolute atomic E-state index is 15.2. The third kappa shape index (κ3) is 7.26. The van der Waals surface area contributed by atoms with E-state index in [9.17, 15) is 13.2 Å². The van der Waals surface area contributed by atoms with Crippen LogP contribution in [0.25, 0.3) is 22.0 Å². The lowest BCUT2D eigenvalue weighted by molar-refractivity contribution is 0.0206. The van der Waals surface area contributed by atoms with E-state index in [2.05, 4.69) is 20.0 Å². The predicted octanol–water partition coefficient (Wildman–Crippen LogP) is 7.28. The van der Waals surface area contributed by atoms with Gasteiger partial charge in [0, 0.05) is 42.3 Å². The van der Waals surface area contributed by atoms with Gasteiger partial charge in [0.05, 0.1) is 22.7 Å². The summed E-state index contributed by atoms with van der Waals surface area (Å²) in [6, 6.07) is 11.6. The number of likely N-dealkylation sites (tertiary alicyclic amines) is 1. The number of sulfonamides is 1. The van der Waals surface area contributed by atoms with E-state index >= 15 is 4.39 Å². The summed E-state index contributed by atoms with van der Waals surface area (Å²) >= 11 is 0. The topological polar surface area (TPSA) is 136 Å². The number of benzene rings is 2. The molecule has 2 N–H and O–H groups in total. The first-order chi connectivity index (χ1) is 23.3. The summed E-state index contributed by atoms with van der Waals surface area (Å²) in [7, 11) is -3.76. The summed E-state index contributed by atoms with van der Waals surface area (Å²) in [5.41, 5.74) is 1.47. The van der Waals surface area contributed by atoms with Crippen molar-refractivity contribution in [2.75, 3.05) is 28.9 Å². The first-order valence-electron chi connectivity index (χ1n) is 16.7. The Bertz CT molecular complexity index is 2030. The van der Waals surface area contributed by atoms with E-state index in [1.54, 1.807) is 47.6 Å². The number of pyridine rings is 1. The van der Waals surface area contributed by atoms with Gasteiger partial charge < -0.3 is 19.7 Å². The minimum absolute atomic E-state index is 0.00609. The van der Waals surface area contributed by atoms with Crippen LogP contribution in [0.1, 0.15) is 58.4 Å². The molecule has 3 fully saturated rings. The van der Waals surface area contributed by atoms with Crippen molar-refractivity contribution in [2.45, 2.75) is 71.4 Å². The van der Waals surface area contributed by atoms with Crippen LogP contribution < -0.4 is 14.8 Å². The lowest BCUT2D eigenvalue weighted by Gasteiger charge is -2.34. The van der Waals surface area contributed by atoms with E-state index in [0.717, 1.165) is 37.7 Å². The van der Waals surface area contributed by atoms with Crippen LogP contribution in [-0.4, -0.2) is 64.8 Å². The summed E-state index contributed by atoms with van der Waals surface area (Å²) in [6.07, 6.45) is 7.65. The second kappa shape index (κ2) is 12.4. The number of hydrogen-bond donors (Lipinski definition) is 2. The molecule has 2 atom stereocenters. The molecule has 11 nitrogen and oxygen atoms in total. The molecule has 2 aliphatic carbocycles. The van der Waals surface area contributed by atoms with Crippen LogP contribution in [-0.2, 0) is 14.8 Å². The molecule has 49 heavy (non-hydrogen) atoms. The van der Waals surface area contributed by atoms with Gasteiger partial charge in [-0.05, 0) is 107 Å². The molecule has 13 heteroatoms. The zero-order chi connectivity index (χ0) is 34.6. The fourth-order valence-corrected chi connectivity index (χ4v) is 8.32. The second-order valence-electron chi connectivity index (χ2n) is 14.5. The molecule has 1 spiro atoms. The number of nitrogens with zero attached hydrogens (tertiary/aromatic N) is 4. The fourth-order valence-electron chi connectivity index (χ4n) is 6.71. The molecular formula is C36H41FN6O5S. The van der Waals surface area contributed by atoms with Crippen molar-refractivity contribution in [1.29, 1.82) is 0 Å². The average Bonchev–Trinajstić information content (AvgIpc) is 3.97. The quantitative estimate of drug-likeness (QED) is 0.186. The van der Waals surface area contributed by atoms with Gasteiger partial charge in [0.15, 0.2) is 0 Å². The van der Waals surface area contributed by atoms with Crippen molar-refractivity contribution in [3.63, 3.8) is 0 Å². The molecule has 258 valence electrons. The van der Waals surface area contributed by atoms with Gasteiger partial charge in [0.1, 0.15) is 17.2 Å². The van der Waals surface area contributed by atoms with E-state index in [1.165, 1.54) is 6.07 Å². The Kier molecular flexibility index (Phi) is 8.36. The van der Waals surface area contributed by atoms with Crippen LogP contribution in [0.4, 0.5) is 20.8 Å². The zero-order valence-electron chi connectivity index (χ0n) is 28.1. The molecule has 3 heterocycles. The highest BCUT2D eigenvalue weighted by molar-refractivity contribution is 7.92. The van der Waals surface area contributed by atoms with Crippen molar-refractivity contribution in [3.8, 4) is 22.9 Å². The van der Waals surface area contributed by atoms with E-state index in [4.69, 9.17) is 14.5 Å². The summed E-state index contributed by atoms with van der Waals surface area (Å²) in [5, 5.41) is 4.30. The molecule has 2 aromatic heterocycles. The van der Waals surface area contributed by atoms with Gasteiger partial charge in [0.2, 0.25) is 21.9 Å². The number of rotatable bonds is 9. The first-order valence-corrected chi connectivity index (χ1v) is 18.4. The van der Waals surface area contributed by atoms with E-state index < -0.39 is 21.4 Å². The smallest absolute Gasteiger partial charge is 0.410 e. The minimum atomic E-state index is -3.76. The number of amides is 1. The van der Waals surface area contributed by atoms with Crippen molar-refractivity contribution >= 4 is 38.5 Å². The van der Waals surface area contributed by atoms with Crippen LogP contribution >= 0.6 is 0 Å². The number of aromatic nitrogens is 3. The Morgan fingerprint density at radius 1 is 1.08 bits per heavy atom. The van der Waals surface area contributed by atoms with Crippen molar-refractivity contribution in [2.24, 2.45) is 11.3 Å². The molecule has 1 unspecified atom stereocenters. The average molecular weight is 689 g/mol. The predicted molar refractivity (Wildman–Crippen MR) is 186 cm³/mol. The van der Waals surface area contributed by atoms with Gasteiger partial charge >= 0.3 is 6.09 Å². The number of halogens is 1. The molecule has 2 aromatic carbocycles. The second-order valence-corrected chi connectivity index (χ2v) is 16.3. The van der Waals surface area contributed by atoms with Crippen LogP contribution in [0.15, 0.2) is 54.9 Å². The summed E-state index contributed by atoms with van der Waals surface area (Å²) < 4.78 is 56.0. The number of aryl methyl sites for hydroxylation is 1. The number of ether oxygens (including phenoxy) is 2. The summed E-state index contributed by atoms with van der Waals surface area (Å²) in [5.74, 6) is 0.568. The Hall–Kier alpha value is -4.52. The molecular weight excluding hydrogens is 647 g/mol. The number of anilines is 2. The number of carbonyl (C=O) groups is 1. The third-order valence-corrected chi connectivity index (χ3v) is 10.9. The first kappa shape index (κ1) is 33.0. The number of carbonyl (C=O) groups excluding carboxylic acids is 1. The zero-order valence-corrected chi connectivity index (χ0v) is 28.9. The van der Waals surface area contributed by atoms with Crippen molar-refractivity contribution in [3.05, 3.63) is 66.2 Å². The molecule has 1 amide bonds. The minimum Gasteiger partial charge on any atom is -0.444 e. The van der Waals surface area contributed by atoms with Crippen LogP contribution in [0.2, 0.25) is 0 Å². The van der Waals surface area contributed by atoms with Crippen molar-refractivity contribution < 1.29 is 27.1 Å². The molecule has 0 radical (unpaired) electrons. The maximum atomic E-state index is 15.2. The van der Waals surface area contributed by atoms with Gasteiger partial charge in [0.25, 0.3) is 0 Å². The van der Waals surface area contributed by atoms with E-state index in [0.29, 0.717) is 46.8 Å². The highest BCUT2D eigenvalue weighted by Crippen LogP contribution is 2.70. The highest BCUT2D eigenvalue weighted by Gasteiger charge is 2.63. The van der Waals surface area contributed by atoms with E-state index in [1.807, 2.05) is 33.8 Å². The summed E-state index contributed by atoms with van der Waals surface area (Å²) in [6.45, 7) is 8.50. The van der Waals surface area contributed by atoms with Crippen LogP contribution in [0.3, 0.4) is 0 Å². The Morgan fingerprint density at radius 3 is 2.63 bits per heavy atom. The molecule has 2 saturated carbocycles. The molecule has 4 aromatic rings. The van der Waals surface area contributed by atoms with Crippen LogP contribution in [0.5, 0.6) is 11.6 Å². The third-order valence-electron chi connectivity index (χ3n) is 9.53. The number of hydrogen-bond acceptors (Lipinski definition) is 9. The molecule has 1 saturated heterocycles. The Balaban J connectivity index is 1.12. The molecule has 7 rings (SSSR count). The Labute approximate surface area is 285 Å². The van der Waals surface area contributed by atoms with Gasteiger partial charge in [-0.2, -0.15) is 0 Å².